The van der Waals surface area contributed by atoms with Gasteiger partial charge in [-0.25, -0.2) is 0 Å². The van der Waals surface area contributed by atoms with Crippen molar-refractivity contribution in [2.45, 2.75) is 111 Å². The van der Waals surface area contributed by atoms with Crippen LogP contribution >= 0.6 is 0 Å². The van der Waals surface area contributed by atoms with Crippen LogP contribution in [0.1, 0.15) is 98.3 Å². The third kappa shape index (κ3) is 5.05. The highest BCUT2D eigenvalue weighted by molar-refractivity contribution is 5.77. The van der Waals surface area contributed by atoms with E-state index in [2.05, 4.69) is 33.8 Å². The predicted molar refractivity (Wildman–Crippen MR) is 134 cm³/mol. The Hall–Kier alpha value is -2.38. The molecule has 3 fully saturated rings. The lowest BCUT2D eigenvalue weighted by Gasteiger charge is -2.61. The molecule has 206 valence electrons. The number of rotatable bonds is 8. The highest BCUT2D eigenvalue weighted by Crippen LogP contribution is 2.67. The highest BCUT2D eigenvalue weighted by atomic mass is 16.5. The summed E-state index contributed by atoms with van der Waals surface area (Å²) in [6, 6.07) is 0. The minimum absolute atomic E-state index is 0.00791. The summed E-state index contributed by atoms with van der Waals surface area (Å²) in [5, 5.41) is 17.8. The molecule has 0 amide bonds. The molecule has 0 radical (unpaired) electrons. The lowest BCUT2D eigenvalue weighted by atomic mass is 9.45. The first kappa shape index (κ1) is 27.6. The molecule has 0 heterocycles. The van der Waals surface area contributed by atoms with E-state index in [4.69, 9.17) is 19.7 Å². The van der Waals surface area contributed by atoms with Crippen molar-refractivity contribution in [3.8, 4) is 0 Å². The smallest absolute Gasteiger partial charge is 0.306 e. The first-order valence-corrected chi connectivity index (χ1v) is 13.8. The topological polar surface area (TPSA) is 127 Å². The Morgan fingerprint density at radius 3 is 1.97 bits per heavy atom. The molecule has 4 rings (SSSR count). The Morgan fingerprint density at radius 1 is 0.784 bits per heavy atom. The summed E-state index contributed by atoms with van der Waals surface area (Å²) in [4.78, 5) is 46.4. The minimum Gasteiger partial charge on any atom is -0.481 e. The molecular weight excluding hydrogens is 476 g/mol. The van der Waals surface area contributed by atoms with Gasteiger partial charge in [-0.15, -0.1) is 0 Å². The van der Waals surface area contributed by atoms with Gasteiger partial charge in [0, 0.05) is 10.8 Å². The molecule has 0 spiro atoms. The van der Waals surface area contributed by atoms with Gasteiger partial charge in [0.2, 0.25) is 0 Å². The normalized spacial score (nSPS) is 37.8. The molecule has 3 saturated carbocycles. The van der Waals surface area contributed by atoms with Crippen LogP contribution in [0.25, 0.3) is 0 Å². The number of hydrogen-bond donors (Lipinski definition) is 2. The zero-order valence-electron chi connectivity index (χ0n) is 22.6. The van der Waals surface area contributed by atoms with E-state index in [1.165, 1.54) is 5.57 Å². The third-order valence-corrected chi connectivity index (χ3v) is 10.4. The molecule has 0 aromatic rings. The first-order valence-electron chi connectivity index (χ1n) is 13.8. The van der Waals surface area contributed by atoms with Crippen molar-refractivity contribution < 1.29 is 38.9 Å². The van der Waals surface area contributed by atoms with Crippen LogP contribution in [0.15, 0.2) is 11.6 Å². The zero-order valence-corrected chi connectivity index (χ0v) is 22.6. The second-order valence-electron chi connectivity index (χ2n) is 12.8. The Kier molecular flexibility index (Phi) is 7.52. The average Bonchev–Trinajstić information content (AvgIpc) is 3.14. The van der Waals surface area contributed by atoms with Crippen LogP contribution in [-0.2, 0) is 28.7 Å². The number of aliphatic carboxylic acids is 2. The number of carboxylic acids is 2. The van der Waals surface area contributed by atoms with E-state index in [-0.39, 0.29) is 54.1 Å². The summed E-state index contributed by atoms with van der Waals surface area (Å²) in [7, 11) is 0. The van der Waals surface area contributed by atoms with E-state index >= 15 is 0 Å². The van der Waals surface area contributed by atoms with Gasteiger partial charge in [0.05, 0.1) is 25.7 Å². The maximum Gasteiger partial charge on any atom is 0.306 e. The van der Waals surface area contributed by atoms with Gasteiger partial charge in [-0.05, 0) is 68.1 Å². The number of fused-ring (bicyclic) bond motifs is 5. The molecule has 0 aromatic heterocycles. The maximum absolute atomic E-state index is 12.3. The molecule has 0 aromatic carbocycles. The molecule has 8 heteroatoms. The molecular formula is C29H42O8. The van der Waals surface area contributed by atoms with Gasteiger partial charge in [0.1, 0.15) is 12.2 Å². The third-order valence-electron chi connectivity index (χ3n) is 10.4. The summed E-state index contributed by atoms with van der Waals surface area (Å²) < 4.78 is 11.7. The molecule has 2 N–H and O–H groups in total. The van der Waals surface area contributed by atoms with Gasteiger partial charge in [-0.3, -0.25) is 19.2 Å². The number of carbonyl (C=O) groups excluding carboxylic acids is 2. The Bertz CT molecular complexity index is 982. The zero-order chi connectivity index (χ0) is 27.2. The summed E-state index contributed by atoms with van der Waals surface area (Å²) in [6.07, 6.45) is 7.87. The number of ether oxygens (including phenoxy) is 2. The summed E-state index contributed by atoms with van der Waals surface area (Å²) in [5.74, 6) is -1.38. The standard InChI is InChI=1S/C29H42O8/c1-27(2)20-7-5-17-18-6-8-22(37-26(35)12-10-24(32)33)29(18,4)15-13-19(17)28(20,3)16-14-21(27)36-25(34)11-9-23(30)31/h7,17-19,21-22H,5-6,8-16H2,1-4H3,(H,30,31)(H,32,33)/t17?,18?,19?,21-,22-,28+,29-/m0/s1. The van der Waals surface area contributed by atoms with Gasteiger partial charge < -0.3 is 19.7 Å². The highest BCUT2D eigenvalue weighted by Gasteiger charge is 2.62. The van der Waals surface area contributed by atoms with Gasteiger partial charge in [0.25, 0.3) is 0 Å². The number of esters is 2. The molecule has 4 aliphatic rings. The quantitative estimate of drug-likeness (QED) is 0.334. The first-order chi connectivity index (χ1) is 17.3. The van der Waals surface area contributed by atoms with Crippen molar-refractivity contribution in [3.63, 3.8) is 0 Å². The molecule has 8 nitrogen and oxygen atoms in total. The number of allylic oxidation sites excluding steroid dienone is 1. The van der Waals surface area contributed by atoms with Crippen molar-refractivity contribution >= 4 is 23.9 Å². The van der Waals surface area contributed by atoms with E-state index in [0.717, 1.165) is 44.9 Å². The van der Waals surface area contributed by atoms with Gasteiger partial charge >= 0.3 is 23.9 Å². The van der Waals surface area contributed by atoms with E-state index < -0.39 is 23.9 Å². The van der Waals surface area contributed by atoms with Gasteiger partial charge in [-0.2, -0.15) is 0 Å². The van der Waals surface area contributed by atoms with Crippen LogP contribution in [0.4, 0.5) is 0 Å². The SMILES string of the molecule is CC1(C)C2=CCC3C(CC[C@@]4(C)C3CC[C@@H]4OC(=O)CCC(=O)O)[C@@]2(C)CC[C@@H]1OC(=O)CCC(=O)O. The summed E-state index contributed by atoms with van der Waals surface area (Å²) in [6.45, 7) is 8.94. The number of carbonyl (C=O) groups is 4. The van der Waals surface area contributed by atoms with Crippen LogP contribution in [-0.4, -0.2) is 46.3 Å². The second kappa shape index (κ2) is 10.1. The molecule has 7 atom stereocenters. The fraction of sp³-hybridized carbons (Fsp3) is 0.793. The van der Waals surface area contributed by atoms with E-state index in [1.807, 2.05) is 0 Å². The van der Waals surface area contributed by atoms with E-state index in [0.29, 0.717) is 17.8 Å². The van der Waals surface area contributed by atoms with Crippen LogP contribution in [0.3, 0.4) is 0 Å². The molecule has 0 aliphatic heterocycles. The Morgan fingerprint density at radius 2 is 1.38 bits per heavy atom. The Balaban J connectivity index is 1.48. The molecule has 3 unspecified atom stereocenters. The second-order valence-corrected chi connectivity index (χ2v) is 12.8. The van der Waals surface area contributed by atoms with Crippen molar-refractivity contribution in [1.29, 1.82) is 0 Å². The van der Waals surface area contributed by atoms with E-state index in [9.17, 15) is 19.2 Å². The van der Waals surface area contributed by atoms with Crippen molar-refractivity contribution in [3.05, 3.63) is 11.6 Å². The van der Waals surface area contributed by atoms with Crippen molar-refractivity contribution in [2.24, 2.45) is 34.0 Å². The Labute approximate surface area is 219 Å². The lowest BCUT2D eigenvalue weighted by molar-refractivity contribution is -0.164. The largest absolute Gasteiger partial charge is 0.481 e. The fourth-order valence-corrected chi connectivity index (χ4v) is 8.58. The van der Waals surface area contributed by atoms with Crippen molar-refractivity contribution in [1.82, 2.24) is 0 Å². The van der Waals surface area contributed by atoms with Crippen LogP contribution in [0.2, 0.25) is 0 Å². The van der Waals surface area contributed by atoms with Gasteiger partial charge in [0.15, 0.2) is 0 Å². The van der Waals surface area contributed by atoms with Crippen molar-refractivity contribution in [2.75, 3.05) is 0 Å². The molecule has 4 aliphatic carbocycles. The summed E-state index contributed by atoms with van der Waals surface area (Å²) in [5.41, 5.74) is 0.958. The van der Waals surface area contributed by atoms with Gasteiger partial charge in [-0.1, -0.05) is 39.3 Å². The molecule has 37 heavy (non-hydrogen) atoms. The minimum atomic E-state index is -0.998. The lowest BCUT2D eigenvalue weighted by Crippen LogP contribution is -2.55. The molecule has 0 saturated heterocycles. The van der Waals surface area contributed by atoms with Crippen LogP contribution in [0.5, 0.6) is 0 Å². The number of carboxylic acid groups (broad SMARTS) is 2. The van der Waals surface area contributed by atoms with Crippen LogP contribution < -0.4 is 0 Å². The van der Waals surface area contributed by atoms with Crippen LogP contribution in [0, 0.1) is 34.0 Å². The fourth-order valence-electron chi connectivity index (χ4n) is 8.58. The molecule has 0 bridgehead atoms. The number of hydrogen-bond acceptors (Lipinski definition) is 6. The van der Waals surface area contributed by atoms with E-state index in [1.54, 1.807) is 0 Å². The average molecular weight is 519 g/mol. The summed E-state index contributed by atoms with van der Waals surface area (Å²) >= 11 is 0. The predicted octanol–water partition coefficient (Wildman–Crippen LogP) is 5.14. The maximum atomic E-state index is 12.3. The monoisotopic (exact) mass is 518 g/mol.